The van der Waals surface area contributed by atoms with Gasteiger partial charge in [0, 0.05) is 19.5 Å². The van der Waals surface area contributed by atoms with Crippen LogP contribution >= 0.6 is 0 Å². The summed E-state index contributed by atoms with van der Waals surface area (Å²) in [4.78, 5) is 25.3. The number of carbonyl (C=O) groups excluding carboxylic acids is 2. The van der Waals surface area contributed by atoms with Gasteiger partial charge in [-0.2, -0.15) is 0 Å². The van der Waals surface area contributed by atoms with E-state index < -0.39 is 0 Å². The third-order valence-electron chi connectivity index (χ3n) is 4.14. The number of rotatable bonds is 2. The third-order valence-corrected chi connectivity index (χ3v) is 4.14. The lowest BCUT2D eigenvalue weighted by molar-refractivity contribution is -0.137. The lowest BCUT2D eigenvalue weighted by atomic mass is 10.0. The lowest BCUT2D eigenvalue weighted by Gasteiger charge is -2.29. The molecule has 4 heteroatoms. The monoisotopic (exact) mass is 258 g/mol. The minimum atomic E-state index is -0.158. The second kappa shape index (κ2) is 4.78. The van der Waals surface area contributed by atoms with E-state index >= 15 is 0 Å². The van der Waals surface area contributed by atoms with Crippen molar-refractivity contribution in [2.45, 2.75) is 45.3 Å². The summed E-state index contributed by atoms with van der Waals surface area (Å²) in [5.41, 5.74) is 4.06. The number of nitrogens with zero attached hydrogens (tertiary/aromatic N) is 1. The quantitative estimate of drug-likeness (QED) is 0.815. The number of carbonyl (C=O) groups is 2. The molecule has 1 unspecified atom stereocenters. The Morgan fingerprint density at radius 3 is 2.89 bits per heavy atom. The van der Waals surface area contributed by atoms with E-state index in [4.69, 9.17) is 0 Å². The predicted molar refractivity (Wildman–Crippen MR) is 71.2 cm³/mol. The molecule has 19 heavy (non-hydrogen) atoms. The molecule has 2 heterocycles. The van der Waals surface area contributed by atoms with Crippen molar-refractivity contribution in [2.24, 2.45) is 0 Å². The summed E-state index contributed by atoms with van der Waals surface area (Å²) in [7, 11) is 0. The van der Waals surface area contributed by atoms with Crippen molar-refractivity contribution in [2.75, 3.05) is 0 Å². The van der Waals surface area contributed by atoms with Crippen LogP contribution in [0.5, 0.6) is 0 Å². The minimum absolute atomic E-state index is 0.137. The fourth-order valence-corrected chi connectivity index (χ4v) is 3.10. The molecule has 1 atom stereocenters. The largest absolute Gasteiger partial charge is 0.295 e. The minimum Gasteiger partial charge on any atom is -0.295 e. The summed E-state index contributed by atoms with van der Waals surface area (Å²) in [6.45, 7) is 3.80. The molecule has 0 spiro atoms. The Morgan fingerprint density at radius 2 is 2.16 bits per heavy atom. The van der Waals surface area contributed by atoms with Gasteiger partial charge in [-0.05, 0) is 29.5 Å². The van der Waals surface area contributed by atoms with Crippen LogP contribution in [0, 0.1) is 0 Å². The molecule has 1 fully saturated rings. The maximum Gasteiger partial charge on any atom is 0.243 e. The summed E-state index contributed by atoms with van der Waals surface area (Å²) in [6, 6.07) is 6.23. The predicted octanol–water partition coefficient (Wildman–Crippen LogP) is 1.37. The zero-order chi connectivity index (χ0) is 13.4. The Morgan fingerprint density at radius 1 is 1.32 bits per heavy atom. The molecule has 1 aromatic carbocycles. The first-order valence-corrected chi connectivity index (χ1v) is 6.86. The van der Waals surface area contributed by atoms with E-state index in [0.29, 0.717) is 12.8 Å². The van der Waals surface area contributed by atoms with Gasteiger partial charge in [-0.1, -0.05) is 25.1 Å². The zero-order valence-corrected chi connectivity index (χ0v) is 11.1. The fourth-order valence-electron chi connectivity index (χ4n) is 3.10. The first-order valence-electron chi connectivity index (χ1n) is 6.86. The highest BCUT2D eigenvalue weighted by Gasteiger charge is 2.35. The summed E-state index contributed by atoms with van der Waals surface area (Å²) < 4.78 is 0. The van der Waals surface area contributed by atoms with E-state index in [9.17, 15) is 9.59 Å². The summed E-state index contributed by atoms with van der Waals surface area (Å²) in [5.74, 6) is -0.283. The lowest BCUT2D eigenvalue weighted by Crippen LogP contribution is -2.50. The topological polar surface area (TPSA) is 49.4 Å². The number of amides is 2. The normalized spacial score (nSPS) is 23.3. The molecule has 3 rings (SSSR count). The highest BCUT2D eigenvalue weighted by Crippen LogP contribution is 2.29. The Bertz CT molecular complexity index is 539. The SMILES string of the molecule is CCc1cccc2c1CN(C1CCC(=O)NC1=O)C2. The van der Waals surface area contributed by atoms with Gasteiger partial charge in [-0.3, -0.25) is 19.8 Å². The smallest absolute Gasteiger partial charge is 0.243 e. The number of fused-ring (bicyclic) bond motifs is 1. The summed E-state index contributed by atoms with van der Waals surface area (Å²) in [5, 5.41) is 2.44. The molecule has 2 amide bonds. The van der Waals surface area contributed by atoms with Gasteiger partial charge in [0.1, 0.15) is 0 Å². The van der Waals surface area contributed by atoms with Crippen molar-refractivity contribution in [3.05, 3.63) is 34.9 Å². The van der Waals surface area contributed by atoms with E-state index in [2.05, 4.69) is 35.3 Å². The average Bonchev–Trinajstić information content (AvgIpc) is 2.81. The molecule has 0 saturated carbocycles. The number of hydrogen-bond donors (Lipinski definition) is 1. The number of imide groups is 1. The van der Waals surface area contributed by atoms with E-state index in [1.165, 1.54) is 16.7 Å². The maximum atomic E-state index is 11.9. The molecule has 0 aromatic heterocycles. The number of piperidine rings is 1. The molecular weight excluding hydrogens is 240 g/mol. The Labute approximate surface area is 112 Å². The van der Waals surface area contributed by atoms with Gasteiger partial charge in [0.15, 0.2) is 0 Å². The van der Waals surface area contributed by atoms with Gasteiger partial charge in [0.25, 0.3) is 0 Å². The standard InChI is InChI=1S/C15H18N2O2/c1-2-10-4-3-5-11-8-17(9-12(10)11)13-6-7-14(18)16-15(13)19/h3-5,13H,2,6-9H2,1H3,(H,16,18,19). The number of nitrogens with one attached hydrogen (secondary N) is 1. The second-order valence-electron chi connectivity index (χ2n) is 5.28. The van der Waals surface area contributed by atoms with Crippen molar-refractivity contribution >= 4 is 11.8 Å². The van der Waals surface area contributed by atoms with Crippen molar-refractivity contribution in [1.29, 1.82) is 0 Å². The van der Waals surface area contributed by atoms with Gasteiger partial charge in [-0.25, -0.2) is 0 Å². The van der Waals surface area contributed by atoms with Crippen molar-refractivity contribution in [1.82, 2.24) is 10.2 Å². The highest BCUT2D eigenvalue weighted by atomic mass is 16.2. The van der Waals surface area contributed by atoms with E-state index in [-0.39, 0.29) is 17.9 Å². The van der Waals surface area contributed by atoms with Crippen molar-refractivity contribution in [3.8, 4) is 0 Å². The second-order valence-corrected chi connectivity index (χ2v) is 5.28. The van der Waals surface area contributed by atoms with Gasteiger partial charge >= 0.3 is 0 Å². The first-order chi connectivity index (χ1) is 9.19. The average molecular weight is 258 g/mol. The zero-order valence-electron chi connectivity index (χ0n) is 11.1. The molecule has 0 aliphatic carbocycles. The van der Waals surface area contributed by atoms with Crippen LogP contribution in [-0.2, 0) is 29.1 Å². The molecule has 0 radical (unpaired) electrons. The molecule has 1 saturated heterocycles. The van der Waals surface area contributed by atoms with Gasteiger partial charge in [0.05, 0.1) is 6.04 Å². The van der Waals surface area contributed by atoms with Gasteiger partial charge < -0.3 is 0 Å². The summed E-state index contributed by atoms with van der Waals surface area (Å²) in [6.07, 6.45) is 2.11. The highest BCUT2D eigenvalue weighted by molar-refractivity contribution is 6.00. The van der Waals surface area contributed by atoms with Crippen LogP contribution in [0.3, 0.4) is 0 Å². The van der Waals surface area contributed by atoms with Crippen LogP contribution in [-0.4, -0.2) is 22.8 Å². The van der Waals surface area contributed by atoms with Crippen LogP contribution in [0.2, 0.25) is 0 Å². The van der Waals surface area contributed by atoms with Crippen LogP contribution < -0.4 is 5.32 Å². The van der Waals surface area contributed by atoms with Crippen LogP contribution in [0.4, 0.5) is 0 Å². The Hall–Kier alpha value is -1.68. The van der Waals surface area contributed by atoms with Crippen molar-refractivity contribution in [3.63, 3.8) is 0 Å². The maximum absolute atomic E-state index is 11.9. The molecule has 2 aliphatic heterocycles. The molecule has 2 aliphatic rings. The molecule has 0 bridgehead atoms. The molecule has 1 aromatic rings. The third kappa shape index (κ3) is 2.16. The molecule has 100 valence electrons. The van der Waals surface area contributed by atoms with Crippen LogP contribution in [0.15, 0.2) is 18.2 Å². The van der Waals surface area contributed by atoms with Gasteiger partial charge in [-0.15, -0.1) is 0 Å². The van der Waals surface area contributed by atoms with Crippen LogP contribution in [0.25, 0.3) is 0 Å². The molecule has 4 nitrogen and oxygen atoms in total. The molecular formula is C15H18N2O2. The van der Waals surface area contributed by atoms with E-state index in [1.807, 2.05) is 0 Å². The number of benzene rings is 1. The Kier molecular flexibility index (Phi) is 3.11. The van der Waals surface area contributed by atoms with Crippen molar-refractivity contribution < 1.29 is 9.59 Å². The van der Waals surface area contributed by atoms with E-state index in [0.717, 1.165) is 19.5 Å². The number of aryl methyl sites for hydroxylation is 1. The van der Waals surface area contributed by atoms with E-state index in [1.54, 1.807) is 0 Å². The number of hydrogen-bond acceptors (Lipinski definition) is 3. The first kappa shape index (κ1) is 12.4. The van der Waals surface area contributed by atoms with Crippen LogP contribution in [0.1, 0.15) is 36.5 Å². The Balaban J connectivity index is 1.80. The fraction of sp³-hybridized carbons (Fsp3) is 0.467. The molecule has 1 N–H and O–H groups in total. The van der Waals surface area contributed by atoms with Gasteiger partial charge in [0.2, 0.25) is 11.8 Å². The summed E-state index contributed by atoms with van der Waals surface area (Å²) >= 11 is 0.